The number of hydrogen-bond donors (Lipinski definition) is 0. The van der Waals surface area contributed by atoms with E-state index in [1.165, 1.54) is 23.3 Å². The number of hydrogen-bond acceptors (Lipinski definition) is 4. The molecular weight excluding hydrogens is 401 g/mol. The number of nitriles is 1. The maximum atomic E-state index is 13.2. The van der Waals surface area contributed by atoms with Crippen LogP contribution in [0.3, 0.4) is 0 Å². The highest BCUT2D eigenvalue weighted by atomic mass is 19.1. The average molecular weight is 434 g/mol. The summed E-state index contributed by atoms with van der Waals surface area (Å²) in [6.45, 7) is 5.07. The maximum Gasteiger partial charge on any atom is 0.162 e. The lowest BCUT2D eigenvalue weighted by molar-refractivity contribution is 0.0964. The molecule has 0 N–H and O–H groups in total. The van der Waals surface area contributed by atoms with Crippen molar-refractivity contribution in [1.29, 1.82) is 5.26 Å². The Morgan fingerprint density at radius 1 is 1.03 bits per heavy atom. The summed E-state index contributed by atoms with van der Waals surface area (Å²) < 4.78 is 13.2. The molecule has 0 radical (unpaired) electrons. The summed E-state index contributed by atoms with van der Waals surface area (Å²) in [7, 11) is 0. The molecule has 2 heterocycles. The van der Waals surface area contributed by atoms with Crippen molar-refractivity contribution in [3.05, 3.63) is 70.5 Å². The van der Waals surface area contributed by atoms with E-state index >= 15 is 0 Å². The van der Waals surface area contributed by atoms with Crippen molar-refractivity contribution in [2.75, 3.05) is 26.2 Å². The lowest BCUT2D eigenvalue weighted by Crippen LogP contribution is -2.34. The van der Waals surface area contributed by atoms with Crippen LogP contribution in [-0.4, -0.2) is 41.8 Å². The fourth-order valence-electron chi connectivity index (χ4n) is 5.00. The number of carbonyl (C=O) groups excluding carboxylic acids is 1. The smallest absolute Gasteiger partial charge is 0.162 e. The van der Waals surface area contributed by atoms with Gasteiger partial charge in [-0.2, -0.15) is 5.26 Å². The van der Waals surface area contributed by atoms with Crippen LogP contribution in [0.1, 0.15) is 59.2 Å². The van der Waals surface area contributed by atoms with Crippen molar-refractivity contribution < 1.29 is 9.18 Å². The zero-order chi connectivity index (χ0) is 22.3. The summed E-state index contributed by atoms with van der Waals surface area (Å²) in [5, 5.41) is 8.84. The Balaban J connectivity index is 1.34. The third-order valence-corrected chi connectivity index (χ3v) is 6.94. The molecule has 32 heavy (non-hydrogen) atoms. The third kappa shape index (κ3) is 6.03. The number of rotatable bonds is 7. The number of halogens is 1. The SMILES string of the molecule is N#CCN1CCC(CCC(=O)c2ccc3c(c2)CN(Cc2ccc(F)cc2)CCC3)CC1. The summed E-state index contributed by atoms with van der Waals surface area (Å²) in [6, 6.07) is 15.2. The van der Waals surface area contributed by atoms with Gasteiger partial charge >= 0.3 is 0 Å². The Morgan fingerprint density at radius 2 is 1.81 bits per heavy atom. The van der Waals surface area contributed by atoms with Crippen LogP contribution in [-0.2, 0) is 19.5 Å². The Morgan fingerprint density at radius 3 is 2.56 bits per heavy atom. The molecule has 0 unspecified atom stereocenters. The first kappa shape index (κ1) is 22.6. The van der Waals surface area contributed by atoms with Gasteiger partial charge in [-0.05, 0) is 92.5 Å². The van der Waals surface area contributed by atoms with Crippen LogP contribution in [0.15, 0.2) is 42.5 Å². The van der Waals surface area contributed by atoms with Crippen molar-refractivity contribution in [3.63, 3.8) is 0 Å². The Kier molecular flexibility index (Phi) is 7.68. The molecule has 168 valence electrons. The van der Waals surface area contributed by atoms with Crippen molar-refractivity contribution in [2.45, 2.75) is 51.6 Å². The first-order valence-electron chi connectivity index (χ1n) is 11.8. The molecule has 0 atom stereocenters. The topological polar surface area (TPSA) is 47.3 Å². The number of likely N-dealkylation sites (tertiary alicyclic amines) is 1. The first-order chi connectivity index (χ1) is 15.6. The molecule has 2 aromatic carbocycles. The predicted molar refractivity (Wildman–Crippen MR) is 124 cm³/mol. The van der Waals surface area contributed by atoms with Crippen LogP contribution in [0, 0.1) is 23.1 Å². The fraction of sp³-hybridized carbons (Fsp3) is 0.481. The summed E-state index contributed by atoms with van der Waals surface area (Å²) in [5.74, 6) is 0.619. The van der Waals surface area contributed by atoms with Crippen LogP contribution >= 0.6 is 0 Å². The van der Waals surface area contributed by atoms with Gasteiger partial charge in [0.2, 0.25) is 0 Å². The van der Waals surface area contributed by atoms with Gasteiger partial charge in [-0.25, -0.2) is 4.39 Å². The minimum atomic E-state index is -0.203. The molecule has 5 heteroatoms. The Bertz CT molecular complexity index is 958. The molecule has 0 amide bonds. The molecule has 0 aliphatic carbocycles. The van der Waals surface area contributed by atoms with Crippen LogP contribution in [0.4, 0.5) is 4.39 Å². The molecule has 0 aromatic heterocycles. The van der Waals surface area contributed by atoms with Gasteiger partial charge in [-0.1, -0.05) is 24.3 Å². The van der Waals surface area contributed by atoms with Gasteiger partial charge in [0, 0.05) is 25.1 Å². The van der Waals surface area contributed by atoms with Crippen LogP contribution in [0.2, 0.25) is 0 Å². The highest BCUT2D eigenvalue weighted by molar-refractivity contribution is 5.96. The average Bonchev–Trinajstić information content (AvgIpc) is 3.01. The van der Waals surface area contributed by atoms with Gasteiger partial charge in [-0.15, -0.1) is 0 Å². The van der Waals surface area contributed by atoms with Crippen LogP contribution in [0.25, 0.3) is 0 Å². The fourth-order valence-corrected chi connectivity index (χ4v) is 5.00. The zero-order valence-corrected chi connectivity index (χ0v) is 18.7. The molecule has 0 spiro atoms. The lowest BCUT2D eigenvalue weighted by Gasteiger charge is -2.30. The van der Waals surface area contributed by atoms with Gasteiger partial charge in [0.1, 0.15) is 5.82 Å². The molecule has 2 aromatic rings. The van der Waals surface area contributed by atoms with Gasteiger partial charge in [0.15, 0.2) is 5.78 Å². The number of benzene rings is 2. The minimum Gasteiger partial charge on any atom is -0.295 e. The van der Waals surface area contributed by atoms with Gasteiger partial charge < -0.3 is 0 Å². The van der Waals surface area contributed by atoms with E-state index in [1.54, 1.807) is 0 Å². The van der Waals surface area contributed by atoms with E-state index in [4.69, 9.17) is 5.26 Å². The van der Waals surface area contributed by atoms with Crippen molar-refractivity contribution >= 4 is 5.78 Å². The normalized spacial score (nSPS) is 18.0. The van der Waals surface area contributed by atoms with E-state index in [0.29, 0.717) is 18.9 Å². The highest BCUT2D eigenvalue weighted by Gasteiger charge is 2.21. The van der Waals surface area contributed by atoms with E-state index in [2.05, 4.69) is 28.0 Å². The van der Waals surface area contributed by atoms with Crippen molar-refractivity contribution in [2.24, 2.45) is 5.92 Å². The number of ketones is 1. The first-order valence-corrected chi connectivity index (χ1v) is 11.8. The molecular formula is C27H32FN3O. The van der Waals surface area contributed by atoms with E-state index in [9.17, 15) is 9.18 Å². The second-order valence-electron chi connectivity index (χ2n) is 9.26. The van der Waals surface area contributed by atoms with E-state index in [-0.39, 0.29) is 11.6 Å². The second kappa shape index (κ2) is 10.8. The molecule has 0 saturated carbocycles. The van der Waals surface area contributed by atoms with Crippen LogP contribution in [0.5, 0.6) is 0 Å². The van der Waals surface area contributed by atoms with Crippen molar-refractivity contribution in [1.82, 2.24) is 9.80 Å². The predicted octanol–water partition coefficient (Wildman–Crippen LogP) is 4.97. The standard InChI is InChI=1S/C27H32FN3O/c28-26-8-3-22(4-9-26)19-31-14-1-2-23-6-7-24(18-25(23)20-31)27(32)10-5-21-11-15-30(16-12-21)17-13-29/h3-4,6-9,18,21H,1-2,5,10-12,14-17,19-20H2. The Hall–Kier alpha value is -2.55. The number of aryl methyl sites for hydroxylation is 1. The zero-order valence-electron chi connectivity index (χ0n) is 18.7. The van der Waals surface area contributed by atoms with Crippen molar-refractivity contribution in [3.8, 4) is 6.07 Å². The summed E-state index contributed by atoms with van der Waals surface area (Å²) in [6.07, 6.45) is 5.82. The molecule has 2 aliphatic rings. The van der Waals surface area contributed by atoms with Crippen LogP contribution < -0.4 is 0 Å². The van der Waals surface area contributed by atoms with Gasteiger partial charge in [0.05, 0.1) is 12.6 Å². The highest BCUT2D eigenvalue weighted by Crippen LogP contribution is 2.25. The molecule has 4 nitrogen and oxygen atoms in total. The number of carbonyl (C=O) groups is 1. The number of Topliss-reactive ketones (excluding diaryl/α,β-unsaturated/α-hetero) is 1. The summed E-state index contributed by atoms with van der Waals surface area (Å²) in [4.78, 5) is 17.5. The maximum absolute atomic E-state index is 13.2. The summed E-state index contributed by atoms with van der Waals surface area (Å²) in [5.41, 5.74) is 4.53. The second-order valence-corrected chi connectivity index (χ2v) is 9.26. The quantitative estimate of drug-likeness (QED) is 0.457. The molecule has 2 aliphatic heterocycles. The van der Waals surface area contributed by atoms with Gasteiger partial charge in [-0.3, -0.25) is 14.6 Å². The number of fused-ring (bicyclic) bond motifs is 1. The van der Waals surface area contributed by atoms with Gasteiger partial charge in [0.25, 0.3) is 0 Å². The number of nitrogens with zero attached hydrogens (tertiary/aromatic N) is 3. The lowest BCUT2D eigenvalue weighted by atomic mass is 9.90. The number of piperidine rings is 1. The van der Waals surface area contributed by atoms with E-state index < -0.39 is 0 Å². The van der Waals surface area contributed by atoms with E-state index in [1.807, 2.05) is 18.2 Å². The third-order valence-electron chi connectivity index (χ3n) is 6.94. The molecule has 1 saturated heterocycles. The summed E-state index contributed by atoms with van der Waals surface area (Å²) >= 11 is 0. The molecule has 0 bridgehead atoms. The largest absolute Gasteiger partial charge is 0.295 e. The molecule has 1 fully saturated rings. The van der Waals surface area contributed by atoms with E-state index in [0.717, 1.165) is 76.0 Å². The minimum absolute atomic E-state index is 0.203. The monoisotopic (exact) mass is 433 g/mol. The Labute approximate surface area is 190 Å². The molecule has 4 rings (SSSR count).